The summed E-state index contributed by atoms with van der Waals surface area (Å²) in [5, 5.41) is 0.593. The predicted octanol–water partition coefficient (Wildman–Crippen LogP) is 1.03. The van der Waals surface area contributed by atoms with Gasteiger partial charge in [-0.25, -0.2) is 9.97 Å². The van der Waals surface area contributed by atoms with Gasteiger partial charge in [0.15, 0.2) is 0 Å². The van der Waals surface area contributed by atoms with Crippen LogP contribution >= 0.6 is 12.6 Å². The van der Waals surface area contributed by atoms with E-state index in [2.05, 4.69) is 22.6 Å². The highest BCUT2D eigenvalue weighted by Gasteiger charge is 1.77. The van der Waals surface area contributed by atoms with Gasteiger partial charge in [0, 0.05) is 6.20 Å². The Morgan fingerprint density at radius 3 is 2.71 bits per heavy atom. The largest absolute Gasteiger partial charge is 0.245 e. The highest BCUT2D eigenvalue weighted by atomic mass is 32.1. The maximum Gasteiger partial charge on any atom is 0.129 e. The van der Waals surface area contributed by atoms with Crippen LogP contribution in [0, 0.1) is 0 Å². The van der Waals surface area contributed by atoms with Crippen LogP contribution in [-0.4, -0.2) is 9.97 Å². The molecule has 0 fully saturated rings. The average Bonchev–Trinajstić information content (AvgIpc) is 1.69. The van der Waals surface area contributed by atoms with Gasteiger partial charge < -0.3 is 0 Å². The Kier molecular flexibility index (Phi) is 1.17. The summed E-state index contributed by atoms with van der Waals surface area (Å²) in [5.41, 5.74) is 0. The first-order chi connectivity index (χ1) is 3.39. The van der Waals surface area contributed by atoms with E-state index in [1.54, 1.807) is 12.3 Å². The molecule has 0 aliphatic heterocycles. The summed E-state index contributed by atoms with van der Waals surface area (Å²) in [5.74, 6) is 0. The summed E-state index contributed by atoms with van der Waals surface area (Å²) in [6.45, 7) is 0. The normalized spacial score (nSPS) is 8.57. The second-order valence-corrected chi connectivity index (χ2v) is 1.47. The maximum atomic E-state index is 4.66. The van der Waals surface area contributed by atoms with Crippen molar-refractivity contribution in [2.24, 2.45) is 0 Å². The molecule has 0 atom stereocenters. The van der Waals surface area contributed by atoms with Gasteiger partial charge in [0.2, 0.25) is 0 Å². The highest BCUT2D eigenvalue weighted by Crippen LogP contribution is 1.93. The average molecular weight is 111 g/mol. The number of rotatable bonds is 0. The van der Waals surface area contributed by atoms with Crippen molar-refractivity contribution in [2.75, 3.05) is 0 Å². The van der Waals surface area contributed by atoms with Crippen LogP contribution in [0.2, 0.25) is 0 Å². The lowest BCUT2D eigenvalue weighted by atomic mass is 10.7. The summed E-state index contributed by atoms with van der Waals surface area (Å²) >= 11 is 4.66. The molecule has 0 bridgehead atoms. The molecule has 0 amide bonds. The minimum Gasteiger partial charge on any atom is -0.245 e. The van der Waals surface area contributed by atoms with Crippen molar-refractivity contribution in [1.29, 1.82) is 0 Å². The topological polar surface area (TPSA) is 25.8 Å². The number of nitrogens with zero attached hydrogens (tertiary/aromatic N) is 2. The second-order valence-electron chi connectivity index (χ2n) is 1.05. The van der Waals surface area contributed by atoms with Gasteiger partial charge in [-0.05, 0) is 6.07 Å². The number of hydrogen-bond donors (Lipinski definition) is 0. The molecule has 1 aromatic rings. The number of aromatic nitrogens is 2. The predicted molar refractivity (Wildman–Crippen MR) is 27.9 cm³/mol. The SMILES string of the molecule is [S]c1ccncn1. The molecule has 0 saturated heterocycles. The Balaban J connectivity index is 3.02. The van der Waals surface area contributed by atoms with Crippen molar-refractivity contribution in [2.45, 2.75) is 5.03 Å². The zero-order chi connectivity index (χ0) is 5.11. The molecule has 0 spiro atoms. The lowest BCUT2D eigenvalue weighted by Gasteiger charge is -1.79. The molecule has 1 rings (SSSR count). The molecule has 2 nitrogen and oxygen atoms in total. The van der Waals surface area contributed by atoms with Crippen LogP contribution < -0.4 is 0 Å². The summed E-state index contributed by atoms with van der Waals surface area (Å²) in [6, 6.07) is 1.68. The van der Waals surface area contributed by atoms with E-state index in [1.807, 2.05) is 0 Å². The molecule has 1 radical (unpaired) electrons. The van der Waals surface area contributed by atoms with Gasteiger partial charge in [-0.2, -0.15) is 0 Å². The third-order valence-corrected chi connectivity index (χ3v) is 0.796. The fraction of sp³-hybridized carbons (Fsp3) is 0. The van der Waals surface area contributed by atoms with Gasteiger partial charge >= 0.3 is 0 Å². The van der Waals surface area contributed by atoms with Crippen LogP contribution in [0.25, 0.3) is 0 Å². The zero-order valence-corrected chi connectivity index (χ0v) is 4.35. The Morgan fingerprint density at radius 1 is 1.57 bits per heavy atom. The van der Waals surface area contributed by atoms with Gasteiger partial charge in [0.05, 0.1) is 0 Å². The third kappa shape index (κ3) is 1.08. The van der Waals surface area contributed by atoms with Gasteiger partial charge in [-0.3, -0.25) is 0 Å². The van der Waals surface area contributed by atoms with E-state index >= 15 is 0 Å². The van der Waals surface area contributed by atoms with E-state index in [4.69, 9.17) is 0 Å². The van der Waals surface area contributed by atoms with E-state index in [0.717, 1.165) is 0 Å². The van der Waals surface area contributed by atoms with Crippen molar-refractivity contribution in [1.82, 2.24) is 9.97 Å². The standard InChI is InChI=1S/C4H3N2S/c7-4-1-2-5-3-6-4/h1-3H. The highest BCUT2D eigenvalue weighted by molar-refractivity contribution is 7.80. The summed E-state index contributed by atoms with van der Waals surface area (Å²) < 4.78 is 0. The molecule has 1 heterocycles. The summed E-state index contributed by atoms with van der Waals surface area (Å²) in [4.78, 5) is 7.35. The van der Waals surface area contributed by atoms with Crippen LogP contribution in [0.4, 0.5) is 0 Å². The van der Waals surface area contributed by atoms with Crippen LogP contribution in [0.1, 0.15) is 0 Å². The molecule has 0 aliphatic rings. The van der Waals surface area contributed by atoms with Gasteiger partial charge in [-0.15, -0.1) is 0 Å². The van der Waals surface area contributed by atoms with Crippen LogP contribution in [0.3, 0.4) is 0 Å². The minimum absolute atomic E-state index is 0.593. The van der Waals surface area contributed by atoms with Crippen molar-refractivity contribution < 1.29 is 0 Å². The second kappa shape index (κ2) is 1.84. The quantitative estimate of drug-likeness (QED) is 0.467. The van der Waals surface area contributed by atoms with Crippen molar-refractivity contribution >= 4 is 12.6 Å². The van der Waals surface area contributed by atoms with Crippen molar-refractivity contribution in [3.8, 4) is 0 Å². The molecular formula is C4H3N2S. The molecule has 0 aliphatic carbocycles. The zero-order valence-electron chi connectivity index (χ0n) is 3.53. The summed E-state index contributed by atoms with van der Waals surface area (Å²) in [7, 11) is 0. The Morgan fingerprint density at radius 2 is 2.43 bits per heavy atom. The van der Waals surface area contributed by atoms with E-state index in [-0.39, 0.29) is 0 Å². The van der Waals surface area contributed by atoms with Gasteiger partial charge in [-0.1, -0.05) is 12.6 Å². The van der Waals surface area contributed by atoms with Gasteiger partial charge in [0.1, 0.15) is 11.4 Å². The van der Waals surface area contributed by atoms with Crippen molar-refractivity contribution in [3.05, 3.63) is 18.6 Å². The molecule has 35 valence electrons. The third-order valence-electron chi connectivity index (χ3n) is 0.555. The van der Waals surface area contributed by atoms with E-state index in [0.29, 0.717) is 5.03 Å². The molecule has 3 heteroatoms. The molecular weight excluding hydrogens is 108 g/mol. The fourth-order valence-corrected chi connectivity index (χ4v) is 0.387. The Hall–Kier alpha value is -0.700. The van der Waals surface area contributed by atoms with Crippen LogP contribution in [0.5, 0.6) is 0 Å². The lowest BCUT2D eigenvalue weighted by Crippen LogP contribution is -1.73. The first-order valence-corrected chi connectivity index (χ1v) is 2.23. The molecule has 0 aromatic carbocycles. The van der Waals surface area contributed by atoms with Crippen molar-refractivity contribution in [3.63, 3.8) is 0 Å². The first kappa shape index (κ1) is 4.46. The molecule has 7 heavy (non-hydrogen) atoms. The fourth-order valence-electron chi connectivity index (χ4n) is 0.279. The van der Waals surface area contributed by atoms with Crippen LogP contribution in [0.15, 0.2) is 23.6 Å². The molecule has 0 unspecified atom stereocenters. The monoisotopic (exact) mass is 111 g/mol. The first-order valence-electron chi connectivity index (χ1n) is 1.82. The minimum atomic E-state index is 0.593. The van der Waals surface area contributed by atoms with E-state index in [9.17, 15) is 0 Å². The summed E-state index contributed by atoms with van der Waals surface area (Å²) in [6.07, 6.45) is 3.05. The van der Waals surface area contributed by atoms with Gasteiger partial charge in [0.25, 0.3) is 0 Å². The van der Waals surface area contributed by atoms with E-state index in [1.165, 1.54) is 6.33 Å². The Labute approximate surface area is 47.0 Å². The van der Waals surface area contributed by atoms with E-state index < -0.39 is 0 Å². The maximum absolute atomic E-state index is 4.66. The Bertz CT molecular complexity index is 140. The molecule has 0 saturated carbocycles. The smallest absolute Gasteiger partial charge is 0.129 e. The van der Waals surface area contributed by atoms with Crippen LogP contribution in [-0.2, 0) is 0 Å². The number of hydrogen-bond acceptors (Lipinski definition) is 2. The molecule has 0 N–H and O–H groups in total. The molecule has 1 aromatic heterocycles. The lowest BCUT2D eigenvalue weighted by molar-refractivity contribution is 1.05.